The molecular formula is C35H63NO12. The SMILES string of the molecule is CCC1OC(=O)CC(OC2CC(C)(O)C(O)C(C)O2)C(C)C(OC2OC(C)CC(N(C)C)C2O)C(C)(O)CC(C)C(=O)C(C)C(O)C1C. The van der Waals surface area contributed by atoms with Gasteiger partial charge in [-0.05, 0) is 61.1 Å². The summed E-state index contributed by atoms with van der Waals surface area (Å²) in [6.45, 7) is 15.2. The van der Waals surface area contributed by atoms with E-state index in [1.807, 2.05) is 32.8 Å². The quantitative estimate of drug-likeness (QED) is 0.255. The molecule has 0 aromatic heterocycles. The highest BCUT2D eigenvalue weighted by atomic mass is 16.7. The van der Waals surface area contributed by atoms with Gasteiger partial charge in [0.25, 0.3) is 0 Å². The van der Waals surface area contributed by atoms with Crippen LogP contribution in [-0.2, 0) is 33.3 Å². The number of Topliss-reactive ketones (excluding diaryl/α,β-unsaturated/α-hetero) is 1. The lowest BCUT2D eigenvalue weighted by molar-refractivity contribution is -0.313. The summed E-state index contributed by atoms with van der Waals surface area (Å²) in [7, 11) is 3.70. The van der Waals surface area contributed by atoms with Crippen LogP contribution in [0, 0.1) is 23.7 Å². The summed E-state index contributed by atoms with van der Waals surface area (Å²) < 4.78 is 30.9. The Hall–Kier alpha value is -1.26. The molecule has 0 aromatic rings. The molecule has 48 heavy (non-hydrogen) atoms. The van der Waals surface area contributed by atoms with E-state index in [0.29, 0.717) is 12.8 Å². The molecule has 17 atom stereocenters. The number of rotatable bonds is 6. The van der Waals surface area contributed by atoms with Crippen molar-refractivity contribution >= 4 is 11.8 Å². The highest BCUT2D eigenvalue weighted by molar-refractivity contribution is 5.83. The number of ketones is 1. The summed E-state index contributed by atoms with van der Waals surface area (Å²) in [6.07, 6.45) is -9.02. The minimum absolute atomic E-state index is 0.0615. The number of esters is 1. The minimum atomic E-state index is -1.73. The van der Waals surface area contributed by atoms with Crippen molar-refractivity contribution in [1.82, 2.24) is 4.90 Å². The number of aliphatic hydroxyl groups is 5. The van der Waals surface area contributed by atoms with Crippen LogP contribution in [0.1, 0.15) is 94.4 Å². The molecule has 3 heterocycles. The maximum absolute atomic E-state index is 13.7. The molecule has 3 saturated heterocycles. The second-order valence-corrected chi connectivity index (χ2v) is 15.6. The van der Waals surface area contributed by atoms with Crippen molar-refractivity contribution in [3.05, 3.63) is 0 Å². The van der Waals surface area contributed by atoms with Gasteiger partial charge in [-0.2, -0.15) is 0 Å². The zero-order valence-corrected chi connectivity index (χ0v) is 30.7. The Morgan fingerprint density at radius 2 is 1.50 bits per heavy atom. The van der Waals surface area contributed by atoms with Crippen LogP contribution < -0.4 is 0 Å². The van der Waals surface area contributed by atoms with Gasteiger partial charge in [-0.25, -0.2) is 0 Å². The van der Waals surface area contributed by atoms with Gasteiger partial charge in [-0.1, -0.05) is 34.6 Å². The first-order chi connectivity index (χ1) is 22.1. The molecule has 13 nitrogen and oxygen atoms in total. The summed E-state index contributed by atoms with van der Waals surface area (Å²) in [6, 6.07) is -0.305. The number of carbonyl (C=O) groups is 2. The zero-order chi connectivity index (χ0) is 36.5. The summed E-state index contributed by atoms with van der Waals surface area (Å²) >= 11 is 0. The topological polar surface area (TPSA) is 185 Å². The average Bonchev–Trinajstić information content (AvgIpc) is 2.99. The van der Waals surface area contributed by atoms with Gasteiger partial charge in [-0.15, -0.1) is 0 Å². The highest BCUT2D eigenvalue weighted by Crippen LogP contribution is 2.38. The molecule has 17 unspecified atom stereocenters. The van der Waals surface area contributed by atoms with Crippen LogP contribution in [0.15, 0.2) is 0 Å². The Morgan fingerprint density at radius 1 is 0.875 bits per heavy atom. The van der Waals surface area contributed by atoms with E-state index in [1.54, 1.807) is 41.5 Å². The lowest BCUT2D eigenvalue weighted by atomic mass is 9.75. The minimum Gasteiger partial charge on any atom is -0.462 e. The van der Waals surface area contributed by atoms with Gasteiger partial charge in [0.15, 0.2) is 12.6 Å². The molecule has 0 aromatic carbocycles. The number of hydrogen-bond donors (Lipinski definition) is 5. The fourth-order valence-corrected chi connectivity index (χ4v) is 7.86. The predicted molar refractivity (Wildman–Crippen MR) is 175 cm³/mol. The number of hydrogen-bond acceptors (Lipinski definition) is 13. The van der Waals surface area contributed by atoms with Crippen molar-refractivity contribution in [3.63, 3.8) is 0 Å². The second kappa shape index (κ2) is 16.4. The van der Waals surface area contributed by atoms with Gasteiger partial charge >= 0.3 is 5.97 Å². The number of nitrogens with zero attached hydrogens (tertiary/aromatic N) is 1. The second-order valence-electron chi connectivity index (χ2n) is 15.6. The Balaban J connectivity index is 2.09. The van der Waals surface area contributed by atoms with Crippen molar-refractivity contribution in [2.24, 2.45) is 23.7 Å². The smallest absolute Gasteiger partial charge is 0.308 e. The van der Waals surface area contributed by atoms with Gasteiger partial charge in [0, 0.05) is 36.1 Å². The fourth-order valence-electron chi connectivity index (χ4n) is 7.86. The molecule has 5 N–H and O–H groups in total. The molecule has 280 valence electrons. The average molecular weight is 690 g/mol. The van der Waals surface area contributed by atoms with Crippen LogP contribution in [0.25, 0.3) is 0 Å². The third-order valence-electron chi connectivity index (χ3n) is 10.9. The normalized spacial score (nSPS) is 49.0. The highest BCUT2D eigenvalue weighted by Gasteiger charge is 2.50. The molecule has 0 spiro atoms. The van der Waals surface area contributed by atoms with Crippen molar-refractivity contribution in [2.75, 3.05) is 14.1 Å². The third kappa shape index (κ3) is 9.54. The van der Waals surface area contributed by atoms with E-state index in [-0.39, 0.29) is 37.2 Å². The number of carbonyl (C=O) groups excluding carboxylic acids is 2. The molecule has 13 heteroatoms. The fraction of sp³-hybridized carbons (Fsp3) is 0.943. The van der Waals surface area contributed by atoms with E-state index >= 15 is 0 Å². The Kier molecular flexibility index (Phi) is 14.1. The van der Waals surface area contributed by atoms with Gasteiger partial charge in [0.05, 0.1) is 48.1 Å². The molecule has 3 rings (SSSR count). The number of ether oxygens (including phenoxy) is 5. The molecule has 3 aliphatic heterocycles. The zero-order valence-electron chi connectivity index (χ0n) is 30.7. The molecule has 0 amide bonds. The first-order valence-electron chi connectivity index (χ1n) is 17.6. The van der Waals surface area contributed by atoms with Gasteiger partial charge in [0.2, 0.25) is 0 Å². The molecule has 0 radical (unpaired) electrons. The Bertz CT molecular complexity index is 1070. The number of likely N-dealkylation sites (N-methyl/N-ethyl adjacent to an activating group) is 1. The largest absolute Gasteiger partial charge is 0.462 e. The van der Waals surface area contributed by atoms with Crippen molar-refractivity contribution in [3.8, 4) is 0 Å². The maximum Gasteiger partial charge on any atom is 0.308 e. The first kappa shape index (κ1) is 41.2. The number of cyclic esters (lactones) is 1. The van der Waals surface area contributed by atoms with Crippen LogP contribution in [0.2, 0.25) is 0 Å². The van der Waals surface area contributed by atoms with Crippen LogP contribution >= 0.6 is 0 Å². The van der Waals surface area contributed by atoms with Crippen LogP contribution in [0.3, 0.4) is 0 Å². The molecule has 3 aliphatic rings. The molecule has 3 fully saturated rings. The lowest BCUT2D eigenvalue weighted by Crippen LogP contribution is -2.59. The van der Waals surface area contributed by atoms with E-state index in [1.165, 1.54) is 6.92 Å². The Labute approximate surface area is 286 Å². The lowest BCUT2D eigenvalue weighted by Gasteiger charge is -2.47. The van der Waals surface area contributed by atoms with E-state index in [4.69, 9.17) is 23.7 Å². The van der Waals surface area contributed by atoms with Crippen LogP contribution in [0.5, 0.6) is 0 Å². The molecule has 0 aliphatic carbocycles. The number of aliphatic hydroxyl groups excluding tert-OH is 3. The van der Waals surface area contributed by atoms with E-state index in [2.05, 4.69) is 0 Å². The van der Waals surface area contributed by atoms with Crippen LogP contribution in [-0.4, -0.2) is 135 Å². The Morgan fingerprint density at radius 3 is 2.06 bits per heavy atom. The van der Waals surface area contributed by atoms with Crippen LogP contribution in [0.4, 0.5) is 0 Å². The van der Waals surface area contributed by atoms with E-state index < -0.39 is 96.2 Å². The van der Waals surface area contributed by atoms with Gasteiger partial charge < -0.3 is 54.1 Å². The van der Waals surface area contributed by atoms with Gasteiger partial charge in [0.1, 0.15) is 24.1 Å². The van der Waals surface area contributed by atoms with E-state index in [0.717, 1.165) is 0 Å². The molecular weight excluding hydrogens is 626 g/mol. The van der Waals surface area contributed by atoms with Crippen molar-refractivity contribution in [2.45, 2.75) is 173 Å². The van der Waals surface area contributed by atoms with Crippen molar-refractivity contribution < 1.29 is 58.8 Å². The standard InChI is InChI=1S/C35H63NO12/c1-12-24-19(4)29(39)21(6)28(38)17(2)15-35(9,43)32(48-33-30(40)23(36(10)11)13-18(3)44-33)20(5)25(14-26(37)46-24)47-27-16-34(8,42)31(41)22(7)45-27/h17-25,27,29-33,39-43H,12-16H2,1-11H3. The summed E-state index contributed by atoms with van der Waals surface area (Å²) in [5.41, 5.74) is -3.27. The maximum atomic E-state index is 13.7. The van der Waals surface area contributed by atoms with Crippen molar-refractivity contribution in [1.29, 1.82) is 0 Å². The predicted octanol–water partition coefficient (Wildman–Crippen LogP) is 1.77. The van der Waals surface area contributed by atoms with Gasteiger partial charge in [-0.3, -0.25) is 9.59 Å². The summed E-state index contributed by atoms with van der Waals surface area (Å²) in [5.74, 6) is -3.74. The summed E-state index contributed by atoms with van der Waals surface area (Å²) in [4.78, 5) is 29.2. The first-order valence-corrected chi connectivity index (χ1v) is 17.6. The third-order valence-corrected chi connectivity index (χ3v) is 10.9. The molecule has 0 bridgehead atoms. The monoisotopic (exact) mass is 689 g/mol. The van der Waals surface area contributed by atoms with E-state index in [9.17, 15) is 35.1 Å². The summed E-state index contributed by atoms with van der Waals surface area (Å²) in [5, 5.41) is 56.3. The molecule has 0 saturated carbocycles.